The fourth-order valence-corrected chi connectivity index (χ4v) is 2.12. The lowest BCUT2D eigenvalue weighted by molar-refractivity contribution is 0.148. The highest BCUT2D eigenvalue weighted by Crippen LogP contribution is 2.21. The summed E-state index contributed by atoms with van der Waals surface area (Å²) in [5, 5.41) is 14.9. The molecule has 2 amide bonds. The molecule has 5 nitrogen and oxygen atoms in total. The summed E-state index contributed by atoms with van der Waals surface area (Å²) in [6.45, 7) is 9.05. The maximum atomic E-state index is 11.9. The first kappa shape index (κ1) is 19.3. The first-order valence-electron chi connectivity index (χ1n) is 8.24. The predicted octanol–water partition coefficient (Wildman–Crippen LogP) is 3.45. The number of aliphatic hydroxyl groups is 1. The number of anilines is 2. The molecule has 0 atom stereocenters. The predicted molar refractivity (Wildman–Crippen MR) is 97.1 cm³/mol. The first-order chi connectivity index (χ1) is 10.7. The molecule has 0 spiro atoms. The molecule has 1 aromatic carbocycles. The second-order valence-electron chi connectivity index (χ2n) is 7.06. The van der Waals surface area contributed by atoms with E-state index in [9.17, 15) is 9.90 Å². The number of nitrogens with one attached hydrogen (secondary N) is 2. The van der Waals surface area contributed by atoms with Crippen LogP contribution in [0.2, 0.25) is 0 Å². The molecule has 0 aliphatic carbocycles. The van der Waals surface area contributed by atoms with Crippen molar-refractivity contribution in [3.05, 3.63) is 24.3 Å². The number of nitrogens with zero attached hydrogens (tertiary/aromatic N) is 1. The van der Waals surface area contributed by atoms with E-state index in [2.05, 4.69) is 29.4 Å². The third-order valence-corrected chi connectivity index (χ3v) is 4.03. The first-order valence-corrected chi connectivity index (χ1v) is 8.24. The highest BCUT2D eigenvalue weighted by atomic mass is 16.3. The molecule has 0 aliphatic rings. The molecule has 0 unspecified atom stereocenters. The molecule has 0 saturated heterocycles. The summed E-state index contributed by atoms with van der Waals surface area (Å²) in [5.74, 6) is 0. The molecule has 0 heterocycles. The van der Waals surface area contributed by atoms with Gasteiger partial charge in [-0.2, -0.15) is 0 Å². The van der Waals surface area contributed by atoms with E-state index in [1.165, 1.54) is 0 Å². The van der Waals surface area contributed by atoms with Crippen molar-refractivity contribution in [2.24, 2.45) is 5.41 Å². The van der Waals surface area contributed by atoms with Crippen LogP contribution in [0.4, 0.5) is 16.2 Å². The minimum atomic E-state index is -0.198. The largest absolute Gasteiger partial charge is 0.396 e. The summed E-state index contributed by atoms with van der Waals surface area (Å²) in [5.41, 5.74) is 1.76. The van der Waals surface area contributed by atoms with Crippen LogP contribution in [0.3, 0.4) is 0 Å². The van der Waals surface area contributed by atoms with Crippen LogP contribution in [0.5, 0.6) is 0 Å². The maximum Gasteiger partial charge on any atom is 0.319 e. The molecule has 0 radical (unpaired) electrons. The molecule has 5 heteroatoms. The summed E-state index contributed by atoms with van der Waals surface area (Å²) < 4.78 is 0. The number of carbonyl (C=O) groups is 1. The Balaban J connectivity index is 2.44. The highest BCUT2D eigenvalue weighted by molar-refractivity contribution is 5.89. The van der Waals surface area contributed by atoms with Gasteiger partial charge in [0.25, 0.3) is 0 Å². The maximum absolute atomic E-state index is 11.9. The number of aliphatic hydroxyl groups excluding tert-OH is 1. The number of urea groups is 1. The fraction of sp³-hybridized carbons (Fsp3) is 0.611. The summed E-state index contributed by atoms with van der Waals surface area (Å²) in [6.07, 6.45) is 1.72. The van der Waals surface area contributed by atoms with Crippen LogP contribution in [0.15, 0.2) is 24.3 Å². The van der Waals surface area contributed by atoms with Crippen LogP contribution in [-0.4, -0.2) is 37.4 Å². The van der Waals surface area contributed by atoms with Gasteiger partial charge in [0, 0.05) is 37.6 Å². The van der Waals surface area contributed by atoms with Crippen molar-refractivity contribution in [2.75, 3.05) is 30.4 Å². The van der Waals surface area contributed by atoms with Gasteiger partial charge in [-0.25, -0.2) is 4.79 Å². The Labute approximate surface area is 140 Å². The third kappa shape index (κ3) is 6.91. The SMILES string of the molecule is CC(C)N(C)c1cccc(NC(=O)NCCCC(C)(C)CO)c1. The number of carbonyl (C=O) groups excluding carboxylic acids is 1. The molecule has 1 aromatic rings. The van der Waals surface area contributed by atoms with Crippen LogP contribution in [-0.2, 0) is 0 Å². The Morgan fingerprint density at radius 3 is 2.65 bits per heavy atom. The lowest BCUT2D eigenvalue weighted by atomic mass is 9.89. The van der Waals surface area contributed by atoms with Crippen molar-refractivity contribution in [1.82, 2.24) is 5.32 Å². The van der Waals surface area contributed by atoms with Gasteiger partial charge < -0.3 is 20.6 Å². The van der Waals surface area contributed by atoms with E-state index in [1.54, 1.807) is 0 Å². The zero-order chi connectivity index (χ0) is 17.5. The van der Waals surface area contributed by atoms with E-state index in [0.717, 1.165) is 24.2 Å². The topological polar surface area (TPSA) is 64.6 Å². The van der Waals surface area contributed by atoms with E-state index >= 15 is 0 Å². The van der Waals surface area contributed by atoms with E-state index in [0.29, 0.717) is 12.6 Å². The van der Waals surface area contributed by atoms with Gasteiger partial charge >= 0.3 is 6.03 Å². The smallest absolute Gasteiger partial charge is 0.319 e. The summed E-state index contributed by atoms with van der Waals surface area (Å²) in [6, 6.07) is 8.01. The van der Waals surface area contributed by atoms with Gasteiger partial charge in [-0.05, 0) is 50.3 Å². The molecule has 0 fully saturated rings. The molecule has 1 rings (SSSR count). The lowest BCUT2D eigenvalue weighted by Crippen LogP contribution is -2.30. The molecule has 23 heavy (non-hydrogen) atoms. The summed E-state index contributed by atoms with van der Waals surface area (Å²) in [4.78, 5) is 14.1. The molecule has 0 aromatic heterocycles. The van der Waals surface area contributed by atoms with Gasteiger partial charge in [0.15, 0.2) is 0 Å². The van der Waals surface area contributed by atoms with E-state index < -0.39 is 0 Å². The van der Waals surface area contributed by atoms with Crippen LogP contribution in [0, 0.1) is 5.41 Å². The van der Waals surface area contributed by atoms with Gasteiger partial charge in [0.1, 0.15) is 0 Å². The Morgan fingerprint density at radius 2 is 2.04 bits per heavy atom. The van der Waals surface area contributed by atoms with Crippen LogP contribution >= 0.6 is 0 Å². The number of benzene rings is 1. The van der Waals surface area contributed by atoms with Crippen molar-refractivity contribution in [1.29, 1.82) is 0 Å². The zero-order valence-electron chi connectivity index (χ0n) is 15.0. The Bertz CT molecular complexity index is 501. The number of rotatable bonds is 8. The van der Waals surface area contributed by atoms with Crippen molar-refractivity contribution < 1.29 is 9.90 Å². The van der Waals surface area contributed by atoms with Crippen LogP contribution < -0.4 is 15.5 Å². The van der Waals surface area contributed by atoms with Crippen LogP contribution in [0.1, 0.15) is 40.5 Å². The van der Waals surface area contributed by atoms with Crippen molar-refractivity contribution in [3.8, 4) is 0 Å². The van der Waals surface area contributed by atoms with E-state index in [-0.39, 0.29) is 18.1 Å². The summed E-state index contributed by atoms with van der Waals surface area (Å²) >= 11 is 0. The second-order valence-corrected chi connectivity index (χ2v) is 7.06. The molecule has 130 valence electrons. The molecular weight excluding hydrogens is 290 g/mol. The average Bonchev–Trinajstić information content (AvgIpc) is 2.51. The fourth-order valence-electron chi connectivity index (χ4n) is 2.12. The molecular formula is C18H31N3O2. The minimum absolute atomic E-state index is 0.0894. The van der Waals surface area contributed by atoms with Gasteiger partial charge in [-0.1, -0.05) is 19.9 Å². The Hall–Kier alpha value is -1.75. The number of hydrogen-bond acceptors (Lipinski definition) is 3. The minimum Gasteiger partial charge on any atom is -0.396 e. The van der Waals surface area contributed by atoms with Crippen LogP contribution in [0.25, 0.3) is 0 Å². The van der Waals surface area contributed by atoms with E-state index in [4.69, 9.17) is 0 Å². The van der Waals surface area contributed by atoms with E-state index in [1.807, 2.05) is 45.2 Å². The lowest BCUT2D eigenvalue weighted by Gasteiger charge is -2.24. The normalized spacial score (nSPS) is 11.4. The van der Waals surface area contributed by atoms with Crippen molar-refractivity contribution in [2.45, 2.75) is 46.6 Å². The summed E-state index contributed by atoms with van der Waals surface area (Å²) in [7, 11) is 2.03. The average molecular weight is 321 g/mol. The van der Waals surface area contributed by atoms with Gasteiger partial charge in [-0.15, -0.1) is 0 Å². The molecule has 0 aliphatic heterocycles. The zero-order valence-corrected chi connectivity index (χ0v) is 15.0. The third-order valence-electron chi connectivity index (χ3n) is 4.03. The van der Waals surface area contributed by atoms with Gasteiger partial charge in [-0.3, -0.25) is 0 Å². The highest BCUT2D eigenvalue weighted by Gasteiger charge is 2.15. The van der Waals surface area contributed by atoms with Crippen molar-refractivity contribution >= 4 is 17.4 Å². The Morgan fingerprint density at radius 1 is 1.35 bits per heavy atom. The standard InChI is InChI=1S/C18H31N3O2/c1-14(2)21(5)16-9-6-8-15(12-16)20-17(23)19-11-7-10-18(3,4)13-22/h6,8-9,12,14,22H,7,10-11,13H2,1-5H3,(H2,19,20,23). The number of amides is 2. The molecule has 0 bridgehead atoms. The Kier molecular flexibility index (Phi) is 7.36. The van der Waals surface area contributed by atoms with Crippen molar-refractivity contribution in [3.63, 3.8) is 0 Å². The van der Waals surface area contributed by atoms with Gasteiger partial charge in [0.05, 0.1) is 0 Å². The number of hydrogen-bond donors (Lipinski definition) is 3. The second kappa shape index (κ2) is 8.77. The monoisotopic (exact) mass is 321 g/mol. The van der Waals surface area contributed by atoms with Gasteiger partial charge in [0.2, 0.25) is 0 Å². The molecule has 3 N–H and O–H groups in total. The molecule has 0 saturated carbocycles. The quantitative estimate of drug-likeness (QED) is 0.643.